The van der Waals surface area contributed by atoms with Gasteiger partial charge in [0.1, 0.15) is 6.04 Å². The van der Waals surface area contributed by atoms with Gasteiger partial charge in [0.15, 0.2) is 0 Å². The van der Waals surface area contributed by atoms with Gasteiger partial charge in [0.2, 0.25) is 5.91 Å². The van der Waals surface area contributed by atoms with Crippen molar-refractivity contribution in [3.8, 4) is 0 Å². The number of rotatable bonds is 24. The summed E-state index contributed by atoms with van der Waals surface area (Å²) in [6.45, 7) is 6.59. The van der Waals surface area contributed by atoms with Crippen LogP contribution in [-0.4, -0.2) is 34.2 Å². The molecule has 2 amide bonds. The molecule has 1 aromatic carbocycles. The van der Waals surface area contributed by atoms with E-state index in [0.717, 1.165) is 37.5 Å². The van der Waals surface area contributed by atoms with Crippen molar-refractivity contribution in [2.24, 2.45) is 5.92 Å². The lowest BCUT2D eigenvalue weighted by atomic mass is 10.0. The second-order valence-electron chi connectivity index (χ2n) is 11.5. The van der Waals surface area contributed by atoms with Gasteiger partial charge in [-0.1, -0.05) is 117 Å². The van der Waals surface area contributed by atoms with E-state index >= 15 is 0 Å². The Hall–Kier alpha value is -3.04. The molecule has 41 heavy (non-hydrogen) atoms. The third-order valence-corrected chi connectivity index (χ3v) is 7.24. The number of hydrogen-bond acceptors (Lipinski definition) is 6. The normalized spacial score (nSPS) is 11.8. The standard InChI is InChI=1S/C31H52N4O6/c1-4-5-6-7-8-9-10-11-12-13-14-15-16-17-18-19-20-32-31(37)29(21-25(2)3)33-30(36)26-22-27(34(38)39)24-28(23-26)35(40)41/h22-25,29H,4-21H2,1-3H3,(H,32,37)(H,33,36)/t29-/m0/s1. The minimum atomic E-state index is -0.845. The first-order valence-electron chi connectivity index (χ1n) is 15.7. The summed E-state index contributed by atoms with van der Waals surface area (Å²) in [7, 11) is 0. The lowest BCUT2D eigenvalue weighted by molar-refractivity contribution is -0.394. The molecule has 0 aliphatic heterocycles. The molecule has 0 fully saturated rings. The molecule has 1 aromatic rings. The Kier molecular flexibility index (Phi) is 19.0. The molecular formula is C31H52N4O6. The minimum Gasteiger partial charge on any atom is -0.354 e. The van der Waals surface area contributed by atoms with Crippen LogP contribution in [0.3, 0.4) is 0 Å². The molecule has 0 bridgehead atoms. The molecule has 0 heterocycles. The summed E-state index contributed by atoms with van der Waals surface area (Å²) in [6.07, 6.45) is 20.7. The van der Waals surface area contributed by atoms with Crippen LogP contribution in [-0.2, 0) is 4.79 Å². The van der Waals surface area contributed by atoms with Crippen LogP contribution in [0.4, 0.5) is 11.4 Å². The largest absolute Gasteiger partial charge is 0.354 e. The van der Waals surface area contributed by atoms with Crippen molar-refractivity contribution in [1.82, 2.24) is 10.6 Å². The van der Waals surface area contributed by atoms with Crippen LogP contribution in [0, 0.1) is 26.1 Å². The summed E-state index contributed by atoms with van der Waals surface area (Å²) in [6, 6.07) is 1.90. The minimum absolute atomic E-state index is 0.0982. The van der Waals surface area contributed by atoms with Gasteiger partial charge in [-0.2, -0.15) is 0 Å². The van der Waals surface area contributed by atoms with Gasteiger partial charge in [-0.25, -0.2) is 0 Å². The highest BCUT2D eigenvalue weighted by molar-refractivity contribution is 5.98. The number of hydrogen-bond donors (Lipinski definition) is 2. The van der Waals surface area contributed by atoms with Crippen molar-refractivity contribution in [2.45, 2.75) is 136 Å². The quantitative estimate of drug-likeness (QED) is 0.0724. The highest BCUT2D eigenvalue weighted by atomic mass is 16.6. The SMILES string of the molecule is CCCCCCCCCCCCCCCCCCNC(=O)[C@H](CC(C)C)NC(=O)c1cc([N+](=O)[O-])cc([N+](=O)[O-])c1. The third kappa shape index (κ3) is 16.7. The zero-order chi connectivity index (χ0) is 30.5. The first-order valence-corrected chi connectivity index (χ1v) is 15.7. The Balaban J connectivity index is 2.30. The van der Waals surface area contributed by atoms with E-state index in [-0.39, 0.29) is 17.4 Å². The number of nitrogens with zero attached hydrogens (tertiary/aromatic N) is 2. The molecule has 2 N–H and O–H groups in total. The van der Waals surface area contributed by atoms with Gasteiger partial charge in [-0.3, -0.25) is 29.8 Å². The Bertz CT molecular complexity index is 905. The molecule has 1 atom stereocenters. The maximum atomic E-state index is 12.8. The number of carbonyl (C=O) groups is 2. The van der Waals surface area contributed by atoms with E-state index in [1.807, 2.05) is 13.8 Å². The van der Waals surface area contributed by atoms with Crippen LogP contribution >= 0.6 is 0 Å². The molecule has 0 spiro atoms. The lowest BCUT2D eigenvalue weighted by Crippen LogP contribution is -2.47. The van der Waals surface area contributed by atoms with E-state index in [1.165, 1.54) is 83.5 Å². The maximum Gasteiger partial charge on any atom is 0.277 e. The predicted octanol–water partition coefficient (Wildman–Crippen LogP) is 8.03. The van der Waals surface area contributed by atoms with E-state index in [0.29, 0.717) is 13.0 Å². The first-order chi connectivity index (χ1) is 19.6. The third-order valence-electron chi connectivity index (χ3n) is 7.24. The Morgan fingerprint density at radius 3 is 1.51 bits per heavy atom. The van der Waals surface area contributed by atoms with Gasteiger partial charge < -0.3 is 10.6 Å². The van der Waals surface area contributed by atoms with Gasteiger partial charge in [0.25, 0.3) is 17.3 Å². The second-order valence-corrected chi connectivity index (χ2v) is 11.5. The van der Waals surface area contributed by atoms with Gasteiger partial charge in [0, 0.05) is 18.7 Å². The van der Waals surface area contributed by atoms with Crippen molar-refractivity contribution in [1.29, 1.82) is 0 Å². The number of benzene rings is 1. The summed E-state index contributed by atoms with van der Waals surface area (Å²) < 4.78 is 0. The number of nitrogens with one attached hydrogen (secondary N) is 2. The van der Waals surface area contributed by atoms with E-state index in [1.54, 1.807) is 0 Å². The summed E-state index contributed by atoms with van der Waals surface area (Å²) in [5.41, 5.74) is -1.35. The number of non-ortho nitro benzene ring substituents is 2. The molecule has 1 rings (SSSR count). The molecule has 10 nitrogen and oxygen atoms in total. The molecular weight excluding hydrogens is 524 g/mol. The Labute approximate surface area is 245 Å². The second kappa shape index (κ2) is 21.7. The van der Waals surface area contributed by atoms with Crippen molar-refractivity contribution in [2.75, 3.05) is 6.54 Å². The highest BCUT2D eigenvalue weighted by Crippen LogP contribution is 2.23. The molecule has 0 saturated carbocycles. The van der Waals surface area contributed by atoms with E-state index in [4.69, 9.17) is 0 Å². The van der Waals surface area contributed by atoms with E-state index in [9.17, 15) is 29.8 Å². The smallest absolute Gasteiger partial charge is 0.277 e. The average molecular weight is 577 g/mol. The predicted molar refractivity (Wildman–Crippen MR) is 163 cm³/mol. The first kappa shape index (κ1) is 36.0. The summed E-state index contributed by atoms with van der Waals surface area (Å²) in [5.74, 6) is -0.992. The molecule has 0 aliphatic rings. The molecule has 0 unspecified atom stereocenters. The molecule has 232 valence electrons. The van der Waals surface area contributed by atoms with Crippen molar-refractivity contribution in [3.05, 3.63) is 44.0 Å². The van der Waals surface area contributed by atoms with Crippen LogP contribution < -0.4 is 10.6 Å². The number of nitro benzene ring substituents is 2. The van der Waals surface area contributed by atoms with Crippen molar-refractivity contribution in [3.63, 3.8) is 0 Å². The lowest BCUT2D eigenvalue weighted by Gasteiger charge is -2.20. The van der Waals surface area contributed by atoms with Crippen LogP contribution in [0.5, 0.6) is 0 Å². The Morgan fingerprint density at radius 2 is 1.12 bits per heavy atom. The van der Waals surface area contributed by atoms with Gasteiger partial charge in [-0.05, 0) is 18.8 Å². The van der Waals surface area contributed by atoms with Gasteiger partial charge in [-0.15, -0.1) is 0 Å². The fourth-order valence-corrected chi connectivity index (χ4v) is 4.89. The van der Waals surface area contributed by atoms with Gasteiger partial charge >= 0.3 is 0 Å². The van der Waals surface area contributed by atoms with Crippen molar-refractivity contribution >= 4 is 23.2 Å². The molecule has 0 aliphatic carbocycles. The average Bonchev–Trinajstić information content (AvgIpc) is 2.93. The fourth-order valence-electron chi connectivity index (χ4n) is 4.89. The zero-order valence-electron chi connectivity index (χ0n) is 25.5. The number of amides is 2. The van der Waals surface area contributed by atoms with Crippen LogP contribution in [0.25, 0.3) is 0 Å². The molecule has 0 aromatic heterocycles. The summed E-state index contributed by atoms with van der Waals surface area (Å²) in [4.78, 5) is 46.3. The van der Waals surface area contributed by atoms with Crippen LogP contribution in [0.15, 0.2) is 18.2 Å². The van der Waals surface area contributed by atoms with E-state index in [2.05, 4.69) is 17.6 Å². The van der Waals surface area contributed by atoms with Crippen molar-refractivity contribution < 1.29 is 19.4 Å². The summed E-state index contributed by atoms with van der Waals surface area (Å²) >= 11 is 0. The zero-order valence-corrected chi connectivity index (χ0v) is 25.5. The molecule has 0 radical (unpaired) electrons. The number of nitro groups is 2. The Morgan fingerprint density at radius 1 is 0.707 bits per heavy atom. The molecule has 10 heteroatoms. The number of unbranched alkanes of at least 4 members (excludes halogenated alkanes) is 15. The summed E-state index contributed by atoms with van der Waals surface area (Å²) in [5, 5.41) is 27.8. The van der Waals surface area contributed by atoms with E-state index < -0.39 is 33.2 Å². The molecule has 0 saturated heterocycles. The van der Waals surface area contributed by atoms with Crippen LogP contribution in [0.1, 0.15) is 140 Å². The number of carbonyl (C=O) groups excluding carboxylic acids is 2. The maximum absolute atomic E-state index is 12.8. The topological polar surface area (TPSA) is 144 Å². The monoisotopic (exact) mass is 576 g/mol. The van der Waals surface area contributed by atoms with Crippen LogP contribution in [0.2, 0.25) is 0 Å². The highest BCUT2D eigenvalue weighted by Gasteiger charge is 2.25. The fraction of sp³-hybridized carbons (Fsp3) is 0.742. The van der Waals surface area contributed by atoms with Gasteiger partial charge in [0.05, 0.1) is 21.5 Å².